The van der Waals surface area contributed by atoms with Crippen molar-refractivity contribution in [2.45, 2.75) is 50.3 Å². The number of aryl methyl sites for hydroxylation is 1. The number of rotatable bonds is 6. The van der Waals surface area contributed by atoms with Gasteiger partial charge in [-0.1, -0.05) is 6.92 Å². The quantitative estimate of drug-likeness (QED) is 0.835. The third kappa shape index (κ3) is 3.78. The Morgan fingerprint density at radius 3 is 2.95 bits per heavy atom. The molecule has 1 atom stereocenters. The summed E-state index contributed by atoms with van der Waals surface area (Å²) in [5, 5.41) is 9.31. The monoisotopic (exact) mass is 318 g/mol. The summed E-state index contributed by atoms with van der Waals surface area (Å²) in [7, 11) is -3.49. The van der Waals surface area contributed by atoms with Crippen molar-refractivity contribution >= 4 is 21.8 Å². The maximum atomic E-state index is 12.4. The second-order valence-corrected chi connectivity index (χ2v) is 7.92. The van der Waals surface area contributed by atoms with Crippen molar-refractivity contribution in [2.24, 2.45) is 0 Å². The molecule has 1 saturated heterocycles. The topological polar surface area (TPSA) is 71.3 Å². The van der Waals surface area contributed by atoms with E-state index in [4.69, 9.17) is 0 Å². The third-order valence-corrected chi connectivity index (χ3v) is 6.08. The summed E-state index contributed by atoms with van der Waals surface area (Å²) in [6.45, 7) is 2.59. The van der Waals surface area contributed by atoms with Crippen LogP contribution in [0.25, 0.3) is 0 Å². The van der Waals surface area contributed by atoms with Gasteiger partial charge in [-0.15, -0.1) is 0 Å². The minimum absolute atomic E-state index is 0.0193. The van der Waals surface area contributed by atoms with Crippen molar-refractivity contribution < 1.29 is 13.5 Å². The van der Waals surface area contributed by atoms with Crippen LogP contribution in [0.15, 0.2) is 17.2 Å². The van der Waals surface area contributed by atoms with Gasteiger partial charge in [0, 0.05) is 30.2 Å². The molecule has 0 bridgehead atoms. The zero-order chi connectivity index (χ0) is 14.6. The van der Waals surface area contributed by atoms with Crippen LogP contribution in [0, 0.1) is 0 Å². The fraction of sp³-hybridized carbons (Fsp3) is 0.692. The predicted molar refractivity (Wildman–Crippen MR) is 81.3 cm³/mol. The van der Waals surface area contributed by atoms with Crippen LogP contribution in [-0.2, 0) is 23.2 Å². The fourth-order valence-corrected chi connectivity index (χ4v) is 4.89. The Labute approximate surface area is 124 Å². The van der Waals surface area contributed by atoms with Gasteiger partial charge >= 0.3 is 0 Å². The predicted octanol–water partition coefficient (Wildman–Crippen LogP) is 1.56. The summed E-state index contributed by atoms with van der Waals surface area (Å²) in [5.41, 5.74) is 0.644. The molecular formula is C13H22N2O3S2. The highest BCUT2D eigenvalue weighted by atomic mass is 32.2. The molecule has 1 aliphatic heterocycles. The average molecular weight is 318 g/mol. The lowest BCUT2D eigenvalue weighted by Gasteiger charge is -2.21. The average Bonchev–Trinajstić information content (AvgIpc) is 2.84. The molecule has 5 nitrogen and oxygen atoms in total. The number of aliphatic hydroxyl groups is 1. The van der Waals surface area contributed by atoms with E-state index in [9.17, 15) is 13.5 Å². The molecule has 114 valence electrons. The molecule has 2 heterocycles. The molecule has 0 aromatic carbocycles. The van der Waals surface area contributed by atoms with Gasteiger partial charge < -0.3 is 9.67 Å². The van der Waals surface area contributed by atoms with Crippen molar-refractivity contribution in [2.75, 3.05) is 11.5 Å². The van der Waals surface area contributed by atoms with Gasteiger partial charge in [0.1, 0.15) is 0 Å². The number of nitrogens with zero attached hydrogens (tertiary/aromatic N) is 1. The zero-order valence-corrected chi connectivity index (χ0v) is 13.3. The zero-order valence-electron chi connectivity index (χ0n) is 11.7. The number of hydrogen-bond donors (Lipinski definition) is 2. The highest BCUT2D eigenvalue weighted by Crippen LogP contribution is 2.20. The van der Waals surface area contributed by atoms with Crippen molar-refractivity contribution in [3.63, 3.8) is 0 Å². The Balaban J connectivity index is 2.15. The molecule has 0 saturated carbocycles. The van der Waals surface area contributed by atoms with E-state index in [-0.39, 0.29) is 17.5 Å². The third-order valence-electron chi connectivity index (χ3n) is 3.38. The molecule has 0 aliphatic carbocycles. The summed E-state index contributed by atoms with van der Waals surface area (Å²) < 4.78 is 29.3. The molecule has 7 heteroatoms. The smallest absolute Gasteiger partial charge is 0.242 e. The molecular weight excluding hydrogens is 296 g/mol. The largest absolute Gasteiger partial charge is 0.390 e. The lowest BCUT2D eigenvalue weighted by molar-refractivity contribution is 0.270. The second kappa shape index (κ2) is 6.98. The van der Waals surface area contributed by atoms with Crippen LogP contribution in [0.3, 0.4) is 0 Å². The molecule has 0 radical (unpaired) electrons. The molecule has 2 rings (SSSR count). The molecule has 1 unspecified atom stereocenters. The van der Waals surface area contributed by atoms with Crippen LogP contribution in [0.4, 0.5) is 0 Å². The van der Waals surface area contributed by atoms with Gasteiger partial charge in [-0.2, -0.15) is 11.8 Å². The van der Waals surface area contributed by atoms with Gasteiger partial charge in [0.25, 0.3) is 0 Å². The summed E-state index contributed by atoms with van der Waals surface area (Å²) in [5.74, 6) is 1.95. The molecule has 0 spiro atoms. The van der Waals surface area contributed by atoms with E-state index in [0.717, 1.165) is 30.8 Å². The molecule has 2 N–H and O–H groups in total. The SMILES string of the molecule is CCCn1cc(S(=O)(=O)NC2CCCSC2)cc1CO. The second-order valence-electron chi connectivity index (χ2n) is 5.05. The number of nitrogens with one attached hydrogen (secondary N) is 1. The minimum Gasteiger partial charge on any atom is -0.390 e. The van der Waals surface area contributed by atoms with Crippen LogP contribution in [0.2, 0.25) is 0 Å². The normalized spacial score (nSPS) is 20.2. The fourth-order valence-electron chi connectivity index (χ4n) is 2.37. The standard InChI is InChI=1S/C13H22N2O3S2/c1-2-5-15-8-13(7-12(15)9-16)20(17,18)14-11-4-3-6-19-10-11/h7-8,11,14,16H,2-6,9-10H2,1H3. The first-order valence-electron chi connectivity index (χ1n) is 6.97. The first kappa shape index (κ1) is 15.9. The number of aliphatic hydroxyl groups excluding tert-OH is 1. The molecule has 1 aromatic rings. The Kier molecular flexibility index (Phi) is 5.54. The molecule has 20 heavy (non-hydrogen) atoms. The first-order valence-corrected chi connectivity index (χ1v) is 9.60. The number of hydrogen-bond acceptors (Lipinski definition) is 4. The Morgan fingerprint density at radius 2 is 2.35 bits per heavy atom. The van der Waals surface area contributed by atoms with Gasteiger partial charge in [0.15, 0.2) is 0 Å². The summed E-state index contributed by atoms with van der Waals surface area (Å²) >= 11 is 1.79. The molecule has 1 aliphatic rings. The van der Waals surface area contributed by atoms with Crippen LogP contribution in [0.5, 0.6) is 0 Å². The van der Waals surface area contributed by atoms with Crippen molar-refractivity contribution in [3.05, 3.63) is 18.0 Å². The summed E-state index contributed by atoms with van der Waals surface area (Å²) in [6.07, 6.45) is 4.46. The van der Waals surface area contributed by atoms with Crippen LogP contribution >= 0.6 is 11.8 Å². The number of aromatic nitrogens is 1. The van der Waals surface area contributed by atoms with Crippen LogP contribution in [0.1, 0.15) is 31.9 Å². The van der Waals surface area contributed by atoms with E-state index in [2.05, 4.69) is 4.72 Å². The highest BCUT2D eigenvalue weighted by Gasteiger charge is 2.23. The van der Waals surface area contributed by atoms with Gasteiger partial charge in [0.2, 0.25) is 10.0 Å². The summed E-state index contributed by atoms with van der Waals surface area (Å²) in [6, 6.07) is 1.58. The first-order chi connectivity index (χ1) is 9.56. The molecule has 1 aromatic heterocycles. The number of sulfonamides is 1. The highest BCUT2D eigenvalue weighted by molar-refractivity contribution is 7.99. The van der Waals surface area contributed by atoms with Crippen LogP contribution < -0.4 is 4.72 Å². The minimum atomic E-state index is -3.49. The van der Waals surface area contributed by atoms with Gasteiger partial charge in [-0.05, 0) is 31.1 Å². The maximum absolute atomic E-state index is 12.4. The van der Waals surface area contributed by atoms with Crippen molar-refractivity contribution in [1.82, 2.24) is 9.29 Å². The lowest BCUT2D eigenvalue weighted by atomic mass is 10.2. The van der Waals surface area contributed by atoms with Gasteiger partial charge in [-0.3, -0.25) is 0 Å². The van der Waals surface area contributed by atoms with Crippen LogP contribution in [-0.4, -0.2) is 35.6 Å². The van der Waals surface area contributed by atoms with E-state index in [1.165, 1.54) is 0 Å². The van der Waals surface area contributed by atoms with E-state index >= 15 is 0 Å². The Bertz CT molecular complexity index is 534. The van der Waals surface area contributed by atoms with Gasteiger partial charge in [0.05, 0.1) is 11.5 Å². The van der Waals surface area contributed by atoms with Crippen molar-refractivity contribution in [3.8, 4) is 0 Å². The van der Waals surface area contributed by atoms with E-state index in [0.29, 0.717) is 12.2 Å². The van der Waals surface area contributed by atoms with E-state index in [1.54, 1.807) is 24.0 Å². The molecule has 1 fully saturated rings. The summed E-state index contributed by atoms with van der Waals surface area (Å²) in [4.78, 5) is 0.255. The Hall–Kier alpha value is -0.500. The van der Waals surface area contributed by atoms with E-state index in [1.807, 2.05) is 11.5 Å². The Morgan fingerprint density at radius 1 is 1.55 bits per heavy atom. The maximum Gasteiger partial charge on any atom is 0.242 e. The lowest BCUT2D eigenvalue weighted by Crippen LogP contribution is -2.38. The number of thioether (sulfide) groups is 1. The van der Waals surface area contributed by atoms with Crippen molar-refractivity contribution in [1.29, 1.82) is 0 Å². The molecule has 0 amide bonds. The van der Waals surface area contributed by atoms with E-state index < -0.39 is 10.0 Å². The van der Waals surface area contributed by atoms with Gasteiger partial charge in [-0.25, -0.2) is 13.1 Å².